The van der Waals surface area contributed by atoms with Gasteiger partial charge in [0, 0.05) is 24.6 Å². The molecular formula is C14H21BrN4O. The minimum absolute atomic E-state index is 0.0181. The first-order chi connectivity index (χ1) is 9.49. The molecule has 1 N–H and O–H groups in total. The van der Waals surface area contributed by atoms with Gasteiger partial charge in [-0.25, -0.2) is 9.97 Å². The molecule has 0 unspecified atom stereocenters. The quantitative estimate of drug-likeness (QED) is 0.808. The van der Waals surface area contributed by atoms with Crippen molar-refractivity contribution in [3.8, 4) is 0 Å². The molecule has 1 aliphatic carbocycles. The monoisotopic (exact) mass is 340 g/mol. The Morgan fingerprint density at radius 2 is 2.20 bits per heavy atom. The first-order valence-electron chi connectivity index (χ1n) is 7.08. The third-order valence-electron chi connectivity index (χ3n) is 3.13. The highest BCUT2D eigenvalue weighted by Crippen LogP contribution is 2.39. The second kappa shape index (κ2) is 6.52. The van der Waals surface area contributed by atoms with Crippen LogP contribution in [0.2, 0.25) is 0 Å². The summed E-state index contributed by atoms with van der Waals surface area (Å²) in [6.45, 7) is 7.00. The molecule has 1 aromatic rings. The molecule has 6 heteroatoms. The number of halogens is 1. The number of anilines is 1. The van der Waals surface area contributed by atoms with Crippen molar-refractivity contribution >= 4 is 27.7 Å². The number of aromatic nitrogens is 2. The molecule has 1 amide bonds. The Bertz CT molecular complexity index is 488. The highest BCUT2D eigenvalue weighted by Gasteiger charge is 2.27. The summed E-state index contributed by atoms with van der Waals surface area (Å²) in [5, 5.41) is 2.91. The zero-order chi connectivity index (χ0) is 14.7. The molecule has 0 spiro atoms. The second-order valence-electron chi connectivity index (χ2n) is 5.42. The molecule has 5 nitrogen and oxygen atoms in total. The van der Waals surface area contributed by atoms with Crippen LogP contribution in [0.1, 0.15) is 45.4 Å². The van der Waals surface area contributed by atoms with E-state index < -0.39 is 0 Å². The smallest absolute Gasteiger partial charge is 0.239 e. The number of rotatable bonds is 6. The topological polar surface area (TPSA) is 58.1 Å². The van der Waals surface area contributed by atoms with Crippen molar-refractivity contribution in [2.75, 3.05) is 18.0 Å². The van der Waals surface area contributed by atoms with E-state index in [-0.39, 0.29) is 11.9 Å². The Morgan fingerprint density at radius 3 is 2.75 bits per heavy atom. The second-order valence-corrected chi connectivity index (χ2v) is 6.23. The summed E-state index contributed by atoms with van der Waals surface area (Å²) in [7, 11) is 0. The number of hydrogen-bond donors (Lipinski definition) is 1. The van der Waals surface area contributed by atoms with Crippen LogP contribution in [0.3, 0.4) is 0 Å². The third-order valence-corrected chi connectivity index (χ3v) is 3.54. The van der Waals surface area contributed by atoms with Gasteiger partial charge < -0.3 is 10.2 Å². The molecule has 0 aromatic carbocycles. The van der Waals surface area contributed by atoms with E-state index >= 15 is 0 Å². The summed E-state index contributed by atoms with van der Waals surface area (Å²) < 4.78 is 0.784. The Hall–Kier alpha value is -1.17. The molecule has 110 valence electrons. The maximum atomic E-state index is 11.9. The van der Waals surface area contributed by atoms with E-state index in [0.717, 1.165) is 35.6 Å². The largest absolute Gasteiger partial charge is 0.352 e. The van der Waals surface area contributed by atoms with Gasteiger partial charge in [-0.05, 0) is 49.5 Å². The first-order valence-corrected chi connectivity index (χ1v) is 7.87. The fourth-order valence-corrected chi connectivity index (χ4v) is 2.39. The molecule has 1 aliphatic rings. The Balaban J connectivity index is 2.12. The van der Waals surface area contributed by atoms with E-state index in [1.165, 1.54) is 0 Å². The average Bonchev–Trinajstić information content (AvgIpc) is 3.18. The maximum absolute atomic E-state index is 11.9. The van der Waals surface area contributed by atoms with Gasteiger partial charge in [-0.2, -0.15) is 0 Å². The number of carbonyl (C=O) groups excluding carboxylic acids is 1. The Labute approximate surface area is 128 Å². The summed E-state index contributed by atoms with van der Waals surface area (Å²) in [6, 6.07) is 2.03. The molecule has 0 radical (unpaired) electrons. The van der Waals surface area contributed by atoms with Crippen molar-refractivity contribution in [3.63, 3.8) is 0 Å². The van der Waals surface area contributed by atoms with Gasteiger partial charge in [0.1, 0.15) is 16.2 Å². The van der Waals surface area contributed by atoms with E-state index in [4.69, 9.17) is 0 Å². The van der Waals surface area contributed by atoms with E-state index in [1.54, 1.807) is 0 Å². The van der Waals surface area contributed by atoms with Gasteiger partial charge in [0.25, 0.3) is 0 Å². The van der Waals surface area contributed by atoms with Crippen molar-refractivity contribution in [1.29, 1.82) is 0 Å². The van der Waals surface area contributed by atoms with Gasteiger partial charge in [0.05, 0.1) is 6.54 Å². The van der Waals surface area contributed by atoms with Crippen LogP contribution in [0.15, 0.2) is 10.7 Å². The van der Waals surface area contributed by atoms with E-state index in [0.29, 0.717) is 12.5 Å². The van der Waals surface area contributed by atoms with Gasteiger partial charge in [0.15, 0.2) is 0 Å². The van der Waals surface area contributed by atoms with Crippen LogP contribution in [0, 0.1) is 0 Å². The molecule has 1 heterocycles. The lowest BCUT2D eigenvalue weighted by atomic mass is 10.3. The summed E-state index contributed by atoms with van der Waals surface area (Å²) in [6.07, 6.45) is 2.33. The van der Waals surface area contributed by atoms with Gasteiger partial charge in [-0.1, -0.05) is 0 Å². The van der Waals surface area contributed by atoms with Crippen LogP contribution in [-0.4, -0.2) is 35.0 Å². The molecule has 1 fully saturated rings. The predicted octanol–water partition coefficient (Wildman–Crippen LogP) is 2.47. The zero-order valence-electron chi connectivity index (χ0n) is 12.2. The number of likely N-dealkylation sites (N-methyl/N-ethyl adjacent to an activating group) is 1. The van der Waals surface area contributed by atoms with Crippen molar-refractivity contribution in [2.24, 2.45) is 0 Å². The lowest BCUT2D eigenvalue weighted by molar-refractivity contribution is -0.120. The molecule has 1 aromatic heterocycles. The average molecular weight is 341 g/mol. The normalized spacial score (nSPS) is 14.4. The van der Waals surface area contributed by atoms with Gasteiger partial charge in [-0.3, -0.25) is 4.79 Å². The fourth-order valence-electron chi connectivity index (χ4n) is 2.00. The van der Waals surface area contributed by atoms with Crippen LogP contribution in [0.25, 0.3) is 0 Å². The molecule has 20 heavy (non-hydrogen) atoms. The Kier molecular flexibility index (Phi) is 4.96. The van der Waals surface area contributed by atoms with Gasteiger partial charge in [0.2, 0.25) is 5.91 Å². The van der Waals surface area contributed by atoms with Crippen molar-refractivity contribution < 1.29 is 4.79 Å². The number of amides is 1. The van der Waals surface area contributed by atoms with Crippen LogP contribution in [-0.2, 0) is 4.79 Å². The lowest BCUT2D eigenvalue weighted by Crippen LogP contribution is -2.40. The van der Waals surface area contributed by atoms with Crippen molar-refractivity contribution in [2.45, 2.75) is 45.6 Å². The fraction of sp³-hybridized carbons (Fsp3) is 0.643. The number of nitrogens with one attached hydrogen (secondary N) is 1. The maximum Gasteiger partial charge on any atom is 0.239 e. The summed E-state index contributed by atoms with van der Waals surface area (Å²) in [5.74, 6) is 2.21. The van der Waals surface area contributed by atoms with Gasteiger partial charge in [-0.15, -0.1) is 0 Å². The zero-order valence-corrected chi connectivity index (χ0v) is 13.8. The Morgan fingerprint density at radius 1 is 1.50 bits per heavy atom. The summed E-state index contributed by atoms with van der Waals surface area (Å²) >= 11 is 3.43. The standard InChI is InChI=1S/C14H21BrN4O/c1-4-19(8-13(20)16-9(2)3)12-7-11(15)17-14(18-12)10-5-6-10/h7,9-10H,4-6,8H2,1-3H3,(H,16,20). The molecule has 2 rings (SSSR count). The van der Waals surface area contributed by atoms with E-state index in [9.17, 15) is 4.79 Å². The van der Waals surface area contributed by atoms with Crippen molar-refractivity contribution in [1.82, 2.24) is 15.3 Å². The van der Waals surface area contributed by atoms with Crippen LogP contribution >= 0.6 is 15.9 Å². The molecule has 0 atom stereocenters. The molecule has 0 aliphatic heterocycles. The highest BCUT2D eigenvalue weighted by atomic mass is 79.9. The summed E-state index contributed by atoms with van der Waals surface area (Å²) in [4.78, 5) is 22.9. The molecule has 0 saturated heterocycles. The van der Waals surface area contributed by atoms with Crippen LogP contribution in [0.4, 0.5) is 5.82 Å². The third kappa shape index (κ3) is 4.16. The number of carbonyl (C=O) groups is 1. The summed E-state index contributed by atoms with van der Waals surface area (Å²) in [5.41, 5.74) is 0. The molecule has 1 saturated carbocycles. The minimum Gasteiger partial charge on any atom is -0.352 e. The first kappa shape index (κ1) is 15.2. The van der Waals surface area contributed by atoms with E-state index in [1.807, 2.05) is 31.7 Å². The molecule has 0 bridgehead atoms. The van der Waals surface area contributed by atoms with E-state index in [2.05, 4.69) is 31.2 Å². The number of hydrogen-bond acceptors (Lipinski definition) is 4. The van der Waals surface area contributed by atoms with Crippen LogP contribution in [0.5, 0.6) is 0 Å². The van der Waals surface area contributed by atoms with Crippen molar-refractivity contribution in [3.05, 3.63) is 16.5 Å². The minimum atomic E-state index is 0.0181. The molecular weight excluding hydrogens is 320 g/mol. The van der Waals surface area contributed by atoms with Gasteiger partial charge >= 0.3 is 0 Å². The SMILES string of the molecule is CCN(CC(=O)NC(C)C)c1cc(Br)nc(C2CC2)n1. The van der Waals surface area contributed by atoms with Crippen LogP contribution < -0.4 is 10.2 Å². The lowest BCUT2D eigenvalue weighted by Gasteiger charge is -2.22. The number of nitrogens with zero attached hydrogens (tertiary/aromatic N) is 3. The highest BCUT2D eigenvalue weighted by molar-refractivity contribution is 9.10. The predicted molar refractivity (Wildman–Crippen MR) is 82.9 cm³/mol.